The van der Waals surface area contributed by atoms with Gasteiger partial charge < -0.3 is 14.8 Å². The number of rotatable bonds is 7. The third-order valence-electron chi connectivity index (χ3n) is 3.93. The standard InChI is InChI=1S/C19H20N2O6/c1-4-13-5-7-14(8-6-13)19(23)27-11-18(22)20-15-10-17(26-3)16(21(24)25)9-12(15)2/h5-10H,4,11H2,1-3H3,(H,20,22). The Labute approximate surface area is 156 Å². The van der Waals surface area contributed by atoms with E-state index >= 15 is 0 Å². The molecule has 2 rings (SSSR count). The number of ether oxygens (including phenoxy) is 2. The van der Waals surface area contributed by atoms with Crippen LogP contribution < -0.4 is 10.1 Å². The molecule has 1 N–H and O–H groups in total. The van der Waals surface area contributed by atoms with Gasteiger partial charge in [0, 0.05) is 17.8 Å². The predicted molar refractivity (Wildman–Crippen MR) is 99.1 cm³/mol. The molecule has 27 heavy (non-hydrogen) atoms. The van der Waals surface area contributed by atoms with Crippen LogP contribution in [-0.2, 0) is 16.0 Å². The fraction of sp³-hybridized carbons (Fsp3) is 0.263. The number of anilines is 1. The number of nitrogens with one attached hydrogen (secondary N) is 1. The second-order valence-corrected chi connectivity index (χ2v) is 5.77. The van der Waals surface area contributed by atoms with Crippen molar-refractivity contribution >= 4 is 23.3 Å². The van der Waals surface area contributed by atoms with Crippen LogP contribution in [0.2, 0.25) is 0 Å². The number of nitrogens with zero attached hydrogens (tertiary/aromatic N) is 1. The number of carbonyl (C=O) groups is 2. The molecule has 0 spiro atoms. The highest BCUT2D eigenvalue weighted by Gasteiger charge is 2.19. The lowest BCUT2D eigenvalue weighted by Crippen LogP contribution is -2.21. The molecule has 0 aliphatic heterocycles. The molecule has 0 aromatic heterocycles. The van der Waals surface area contributed by atoms with Crippen LogP contribution >= 0.6 is 0 Å². The Kier molecular flexibility index (Phi) is 6.48. The third-order valence-corrected chi connectivity index (χ3v) is 3.93. The zero-order valence-corrected chi connectivity index (χ0v) is 15.3. The highest BCUT2D eigenvalue weighted by Crippen LogP contribution is 2.32. The number of benzene rings is 2. The number of hydrogen-bond acceptors (Lipinski definition) is 6. The van der Waals surface area contributed by atoms with Crippen molar-refractivity contribution in [1.29, 1.82) is 0 Å². The topological polar surface area (TPSA) is 108 Å². The van der Waals surface area contributed by atoms with Crippen LogP contribution in [0, 0.1) is 17.0 Å². The SMILES string of the molecule is CCc1ccc(C(=O)OCC(=O)Nc2cc(OC)c([N+](=O)[O-])cc2C)cc1. The van der Waals surface area contributed by atoms with Crippen LogP contribution in [0.15, 0.2) is 36.4 Å². The van der Waals surface area contributed by atoms with Crippen molar-refractivity contribution in [3.05, 3.63) is 63.2 Å². The van der Waals surface area contributed by atoms with E-state index in [4.69, 9.17) is 9.47 Å². The average molecular weight is 372 g/mol. The first-order chi connectivity index (χ1) is 12.8. The fourth-order valence-electron chi connectivity index (χ4n) is 2.39. The van der Waals surface area contributed by atoms with Gasteiger partial charge in [-0.15, -0.1) is 0 Å². The maximum Gasteiger partial charge on any atom is 0.338 e. The molecule has 1 amide bonds. The summed E-state index contributed by atoms with van der Waals surface area (Å²) in [6.07, 6.45) is 0.857. The fourth-order valence-corrected chi connectivity index (χ4v) is 2.39. The molecular weight excluding hydrogens is 352 g/mol. The van der Waals surface area contributed by atoms with Crippen LogP contribution in [-0.4, -0.2) is 30.5 Å². The lowest BCUT2D eigenvalue weighted by Gasteiger charge is -2.11. The van der Waals surface area contributed by atoms with Crippen molar-refractivity contribution in [3.8, 4) is 5.75 Å². The van der Waals surface area contributed by atoms with Crippen LogP contribution in [0.25, 0.3) is 0 Å². The minimum atomic E-state index is -0.606. The van der Waals surface area contributed by atoms with Gasteiger partial charge in [0.25, 0.3) is 5.91 Å². The first kappa shape index (κ1) is 19.9. The van der Waals surface area contributed by atoms with Crippen molar-refractivity contribution in [2.24, 2.45) is 0 Å². The zero-order valence-electron chi connectivity index (χ0n) is 15.3. The van der Waals surface area contributed by atoms with Crippen molar-refractivity contribution < 1.29 is 24.0 Å². The lowest BCUT2D eigenvalue weighted by atomic mass is 10.1. The summed E-state index contributed by atoms with van der Waals surface area (Å²) in [6.45, 7) is 3.14. The van der Waals surface area contributed by atoms with E-state index in [9.17, 15) is 19.7 Å². The third kappa shape index (κ3) is 5.04. The van der Waals surface area contributed by atoms with Gasteiger partial charge in [-0.3, -0.25) is 14.9 Å². The summed E-state index contributed by atoms with van der Waals surface area (Å²) in [5.41, 5.74) is 2.07. The summed E-state index contributed by atoms with van der Waals surface area (Å²) in [7, 11) is 1.30. The monoisotopic (exact) mass is 372 g/mol. The molecule has 8 heteroatoms. The predicted octanol–water partition coefficient (Wildman–Crippen LogP) is 3.27. The maximum absolute atomic E-state index is 12.1. The quantitative estimate of drug-likeness (QED) is 0.454. The molecule has 0 radical (unpaired) electrons. The number of esters is 1. The minimum Gasteiger partial charge on any atom is -0.490 e. The summed E-state index contributed by atoms with van der Waals surface area (Å²) in [6, 6.07) is 9.59. The summed E-state index contributed by atoms with van der Waals surface area (Å²) in [5, 5.41) is 13.6. The molecule has 0 bridgehead atoms. The smallest absolute Gasteiger partial charge is 0.338 e. The Morgan fingerprint density at radius 3 is 2.41 bits per heavy atom. The van der Waals surface area contributed by atoms with Gasteiger partial charge >= 0.3 is 11.7 Å². The molecule has 0 saturated carbocycles. The number of amides is 1. The highest BCUT2D eigenvalue weighted by atomic mass is 16.6. The zero-order chi connectivity index (χ0) is 20.0. The molecule has 0 heterocycles. The van der Waals surface area contributed by atoms with Crippen molar-refractivity contribution in [2.75, 3.05) is 19.0 Å². The first-order valence-corrected chi connectivity index (χ1v) is 8.24. The normalized spacial score (nSPS) is 10.2. The van der Waals surface area contributed by atoms with Crippen molar-refractivity contribution in [2.45, 2.75) is 20.3 Å². The number of hydrogen-bond donors (Lipinski definition) is 1. The number of nitro groups is 1. The van der Waals surface area contributed by atoms with Crippen molar-refractivity contribution in [1.82, 2.24) is 0 Å². The lowest BCUT2D eigenvalue weighted by molar-refractivity contribution is -0.385. The van der Waals surface area contributed by atoms with Crippen LogP contribution in [0.5, 0.6) is 5.75 Å². The molecule has 0 aliphatic carbocycles. The maximum atomic E-state index is 12.1. The number of methoxy groups -OCH3 is 1. The number of carbonyl (C=O) groups excluding carboxylic acids is 2. The summed E-state index contributed by atoms with van der Waals surface area (Å²) in [4.78, 5) is 34.5. The first-order valence-electron chi connectivity index (χ1n) is 8.24. The van der Waals surface area contributed by atoms with E-state index < -0.39 is 23.4 Å². The van der Waals surface area contributed by atoms with E-state index in [1.165, 1.54) is 19.2 Å². The summed E-state index contributed by atoms with van der Waals surface area (Å²) in [5.74, 6) is -1.15. The Morgan fingerprint density at radius 2 is 1.85 bits per heavy atom. The van der Waals surface area contributed by atoms with Gasteiger partial charge in [-0.25, -0.2) is 4.79 Å². The van der Waals surface area contributed by atoms with E-state index in [0.717, 1.165) is 12.0 Å². The molecule has 8 nitrogen and oxygen atoms in total. The minimum absolute atomic E-state index is 0.0221. The molecule has 0 saturated heterocycles. The summed E-state index contributed by atoms with van der Waals surface area (Å²) < 4.78 is 9.98. The molecule has 0 fully saturated rings. The van der Waals surface area contributed by atoms with Gasteiger partial charge in [0.1, 0.15) is 0 Å². The van der Waals surface area contributed by atoms with Gasteiger partial charge in [0.15, 0.2) is 12.4 Å². The highest BCUT2D eigenvalue weighted by molar-refractivity contribution is 5.96. The Bertz CT molecular complexity index is 861. The van der Waals surface area contributed by atoms with E-state index in [1.54, 1.807) is 19.1 Å². The number of aryl methyl sites for hydroxylation is 2. The van der Waals surface area contributed by atoms with Crippen molar-refractivity contribution in [3.63, 3.8) is 0 Å². The van der Waals surface area contributed by atoms with E-state index in [1.807, 2.05) is 19.1 Å². The van der Waals surface area contributed by atoms with Crippen LogP contribution in [0.1, 0.15) is 28.4 Å². The second kappa shape index (κ2) is 8.79. The summed E-state index contributed by atoms with van der Waals surface area (Å²) >= 11 is 0. The molecule has 2 aromatic rings. The number of nitro benzene ring substituents is 1. The van der Waals surface area contributed by atoms with E-state index in [-0.39, 0.29) is 11.4 Å². The molecular formula is C19H20N2O6. The van der Waals surface area contributed by atoms with Gasteiger partial charge in [0.05, 0.1) is 17.6 Å². The molecule has 2 aromatic carbocycles. The molecule has 0 atom stereocenters. The molecule has 0 aliphatic rings. The van der Waals surface area contributed by atoms with Crippen LogP contribution in [0.3, 0.4) is 0 Å². The van der Waals surface area contributed by atoms with Gasteiger partial charge in [0.2, 0.25) is 0 Å². The molecule has 142 valence electrons. The Morgan fingerprint density at radius 1 is 1.19 bits per heavy atom. The van der Waals surface area contributed by atoms with Crippen LogP contribution in [0.4, 0.5) is 11.4 Å². The van der Waals surface area contributed by atoms with E-state index in [0.29, 0.717) is 16.8 Å². The average Bonchev–Trinajstić information content (AvgIpc) is 2.67. The largest absolute Gasteiger partial charge is 0.490 e. The Hall–Kier alpha value is -3.42. The van der Waals surface area contributed by atoms with Gasteiger partial charge in [-0.1, -0.05) is 19.1 Å². The van der Waals surface area contributed by atoms with Gasteiger partial charge in [-0.2, -0.15) is 0 Å². The Balaban J connectivity index is 2.00. The van der Waals surface area contributed by atoms with E-state index in [2.05, 4.69) is 5.32 Å². The molecule has 0 unspecified atom stereocenters. The second-order valence-electron chi connectivity index (χ2n) is 5.77. The van der Waals surface area contributed by atoms with Gasteiger partial charge in [-0.05, 0) is 36.6 Å².